The number of nitrogens with zero attached hydrogens (tertiary/aromatic N) is 1. The van der Waals surface area contributed by atoms with Crippen LogP contribution in [0.4, 0.5) is 0 Å². The third kappa shape index (κ3) is 5.89. The van der Waals surface area contributed by atoms with Gasteiger partial charge in [-0.1, -0.05) is 50.3 Å². The molecule has 0 atom stereocenters. The molecule has 112 valence electrons. The quantitative estimate of drug-likeness (QED) is 0.656. The van der Waals surface area contributed by atoms with Crippen LogP contribution in [0.3, 0.4) is 0 Å². The van der Waals surface area contributed by atoms with E-state index >= 15 is 0 Å². The van der Waals surface area contributed by atoms with Gasteiger partial charge < -0.3 is 0 Å². The van der Waals surface area contributed by atoms with Crippen molar-refractivity contribution in [3.8, 4) is 0 Å². The summed E-state index contributed by atoms with van der Waals surface area (Å²) in [4.78, 5) is 5.91. The van der Waals surface area contributed by atoms with Crippen LogP contribution in [-0.2, 0) is 11.4 Å². The summed E-state index contributed by atoms with van der Waals surface area (Å²) < 4.78 is 0. The molecule has 1 rings (SSSR count). The summed E-state index contributed by atoms with van der Waals surface area (Å²) in [6.07, 6.45) is 4.66. The van der Waals surface area contributed by atoms with E-state index in [1.54, 1.807) is 0 Å². The maximum Gasteiger partial charge on any atom is 0.0737 e. The van der Waals surface area contributed by atoms with Gasteiger partial charge in [-0.25, -0.2) is 0 Å². The molecule has 0 saturated carbocycles. The third-order valence-electron chi connectivity index (χ3n) is 2.96. The van der Waals surface area contributed by atoms with Gasteiger partial charge in [-0.2, -0.15) is 5.06 Å². The number of hydrogen-bond donors (Lipinski definition) is 0. The van der Waals surface area contributed by atoms with Crippen molar-refractivity contribution >= 4 is 6.08 Å². The normalized spacial score (nSPS) is 12.5. The van der Waals surface area contributed by atoms with Crippen molar-refractivity contribution in [2.45, 2.75) is 60.2 Å². The molecule has 2 nitrogen and oxygen atoms in total. The van der Waals surface area contributed by atoms with E-state index in [1.165, 1.54) is 11.1 Å². The van der Waals surface area contributed by atoms with Gasteiger partial charge in [0, 0.05) is 12.6 Å². The molecule has 0 aliphatic rings. The lowest BCUT2D eigenvalue weighted by Gasteiger charge is -2.28. The molecule has 0 radical (unpaired) electrons. The minimum atomic E-state index is 0.204. The van der Waals surface area contributed by atoms with Crippen molar-refractivity contribution in [2.24, 2.45) is 5.92 Å². The molecule has 0 aromatic heterocycles. The molecule has 0 amide bonds. The molecule has 1 aromatic rings. The van der Waals surface area contributed by atoms with E-state index in [0.29, 0.717) is 12.0 Å². The highest BCUT2D eigenvalue weighted by atomic mass is 16.7. The Kier molecular flexibility index (Phi) is 6.97. The number of benzene rings is 1. The maximum absolute atomic E-state index is 5.91. The predicted molar refractivity (Wildman–Crippen MR) is 87.2 cm³/mol. The third-order valence-corrected chi connectivity index (χ3v) is 2.96. The molecule has 0 fully saturated rings. The number of hydroxylamine groups is 2. The highest BCUT2D eigenvalue weighted by Crippen LogP contribution is 2.17. The van der Waals surface area contributed by atoms with Gasteiger partial charge in [-0.15, -0.1) is 0 Å². The Bertz CT molecular complexity index is 421. The molecule has 1 aromatic carbocycles. The summed E-state index contributed by atoms with van der Waals surface area (Å²) in [6.45, 7) is 13.7. The molecule has 0 saturated heterocycles. The van der Waals surface area contributed by atoms with Gasteiger partial charge in [0.25, 0.3) is 0 Å². The SMILES string of the molecule is CC(C)/C=C/c1ccccc1CN(OC(C)C)C(C)C. The molecule has 2 heteroatoms. The summed E-state index contributed by atoms with van der Waals surface area (Å²) in [7, 11) is 0. The van der Waals surface area contributed by atoms with Crippen molar-refractivity contribution in [1.82, 2.24) is 5.06 Å². The zero-order valence-corrected chi connectivity index (χ0v) is 13.8. The van der Waals surface area contributed by atoms with Crippen molar-refractivity contribution in [3.63, 3.8) is 0 Å². The van der Waals surface area contributed by atoms with Crippen molar-refractivity contribution in [2.75, 3.05) is 0 Å². The first-order chi connectivity index (χ1) is 9.40. The fraction of sp³-hybridized carbons (Fsp3) is 0.556. The first kappa shape index (κ1) is 16.9. The minimum Gasteiger partial charge on any atom is -0.296 e. The zero-order chi connectivity index (χ0) is 15.1. The average molecular weight is 275 g/mol. The van der Waals surface area contributed by atoms with Crippen LogP contribution in [0.15, 0.2) is 30.3 Å². The average Bonchev–Trinajstić information content (AvgIpc) is 2.36. The van der Waals surface area contributed by atoms with E-state index in [4.69, 9.17) is 4.84 Å². The first-order valence-corrected chi connectivity index (χ1v) is 7.59. The lowest BCUT2D eigenvalue weighted by Crippen LogP contribution is -2.33. The van der Waals surface area contributed by atoms with Crippen LogP contribution in [0.25, 0.3) is 6.08 Å². The molecular weight excluding hydrogens is 246 g/mol. The van der Waals surface area contributed by atoms with Gasteiger partial charge in [0.1, 0.15) is 0 Å². The topological polar surface area (TPSA) is 12.5 Å². The van der Waals surface area contributed by atoms with Crippen LogP contribution in [-0.4, -0.2) is 17.2 Å². The summed E-state index contributed by atoms with van der Waals surface area (Å²) in [5, 5.41) is 2.06. The Morgan fingerprint density at radius 3 is 2.25 bits per heavy atom. The maximum atomic E-state index is 5.91. The smallest absolute Gasteiger partial charge is 0.0737 e. The number of allylic oxidation sites excluding steroid dienone is 1. The fourth-order valence-corrected chi connectivity index (χ4v) is 1.92. The Morgan fingerprint density at radius 1 is 1.05 bits per heavy atom. The molecule has 0 bridgehead atoms. The van der Waals surface area contributed by atoms with Crippen LogP contribution in [0.1, 0.15) is 52.7 Å². The number of rotatable bonds is 7. The number of hydrogen-bond acceptors (Lipinski definition) is 2. The second kappa shape index (κ2) is 8.23. The van der Waals surface area contributed by atoms with E-state index in [1.807, 2.05) is 0 Å². The first-order valence-electron chi connectivity index (χ1n) is 7.59. The molecule has 0 spiro atoms. The Morgan fingerprint density at radius 2 is 1.70 bits per heavy atom. The second-order valence-corrected chi connectivity index (χ2v) is 6.13. The fourth-order valence-electron chi connectivity index (χ4n) is 1.92. The van der Waals surface area contributed by atoms with Gasteiger partial charge in [-0.05, 0) is 44.7 Å². The largest absolute Gasteiger partial charge is 0.296 e. The van der Waals surface area contributed by atoms with Crippen LogP contribution in [0.2, 0.25) is 0 Å². The Hall–Kier alpha value is -1.12. The van der Waals surface area contributed by atoms with Crippen LogP contribution < -0.4 is 0 Å². The molecule has 0 aliphatic carbocycles. The standard InChI is InChI=1S/C18H29NO/c1-14(2)11-12-17-9-7-8-10-18(17)13-19(15(3)4)20-16(5)6/h7-12,14-16H,13H2,1-6H3/b12-11+. The predicted octanol–water partition coefficient (Wildman–Crippen LogP) is 4.91. The van der Waals surface area contributed by atoms with Crippen LogP contribution in [0, 0.1) is 5.92 Å². The molecule has 0 N–H and O–H groups in total. The van der Waals surface area contributed by atoms with E-state index in [9.17, 15) is 0 Å². The Balaban J connectivity index is 2.89. The zero-order valence-electron chi connectivity index (χ0n) is 13.8. The molecular formula is C18H29NO. The van der Waals surface area contributed by atoms with E-state index in [-0.39, 0.29) is 6.10 Å². The van der Waals surface area contributed by atoms with Crippen molar-refractivity contribution < 1.29 is 4.84 Å². The summed E-state index contributed by atoms with van der Waals surface area (Å²) in [5.74, 6) is 0.566. The summed E-state index contributed by atoms with van der Waals surface area (Å²) in [5.41, 5.74) is 2.58. The van der Waals surface area contributed by atoms with Crippen molar-refractivity contribution in [1.29, 1.82) is 0 Å². The lowest BCUT2D eigenvalue weighted by molar-refractivity contribution is -0.212. The van der Waals surface area contributed by atoms with Gasteiger partial charge >= 0.3 is 0 Å². The van der Waals surface area contributed by atoms with Gasteiger partial charge in [0.2, 0.25) is 0 Å². The molecule has 0 aliphatic heterocycles. The highest BCUT2D eigenvalue weighted by Gasteiger charge is 2.14. The van der Waals surface area contributed by atoms with Crippen LogP contribution in [0.5, 0.6) is 0 Å². The van der Waals surface area contributed by atoms with Gasteiger partial charge in [0.15, 0.2) is 0 Å². The van der Waals surface area contributed by atoms with E-state index in [0.717, 1.165) is 6.54 Å². The van der Waals surface area contributed by atoms with Gasteiger partial charge in [0.05, 0.1) is 6.10 Å². The van der Waals surface area contributed by atoms with Crippen molar-refractivity contribution in [3.05, 3.63) is 41.5 Å². The molecule has 20 heavy (non-hydrogen) atoms. The lowest BCUT2D eigenvalue weighted by atomic mass is 10.0. The highest BCUT2D eigenvalue weighted by molar-refractivity contribution is 5.53. The molecule has 0 unspecified atom stereocenters. The van der Waals surface area contributed by atoms with Gasteiger partial charge in [-0.3, -0.25) is 4.84 Å². The van der Waals surface area contributed by atoms with E-state index in [2.05, 4.69) is 83.0 Å². The molecule has 0 heterocycles. The Labute approximate surface area is 124 Å². The minimum absolute atomic E-state index is 0.204. The van der Waals surface area contributed by atoms with E-state index < -0.39 is 0 Å². The second-order valence-electron chi connectivity index (χ2n) is 6.13. The monoisotopic (exact) mass is 275 g/mol. The summed E-state index contributed by atoms with van der Waals surface area (Å²) in [6, 6.07) is 8.89. The summed E-state index contributed by atoms with van der Waals surface area (Å²) >= 11 is 0. The van der Waals surface area contributed by atoms with Crippen LogP contribution >= 0.6 is 0 Å².